The average Bonchev–Trinajstić information content (AvgIpc) is 2.18. The van der Waals surface area contributed by atoms with E-state index in [4.69, 9.17) is 0 Å². The number of halogens is 1. The maximum absolute atomic E-state index is 13.6. The van der Waals surface area contributed by atoms with Gasteiger partial charge in [-0.25, -0.2) is 4.39 Å². The van der Waals surface area contributed by atoms with E-state index in [1.807, 2.05) is 13.8 Å². The standard InChI is InChI=1S/C16H25F/c1-12(2)15(17)10-13-6-8-14(9-7-13)11-16(3,4)5/h6-9,12,15H,10-11H2,1-5H3. The molecular formula is C16H25F. The summed E-state index contributed by atoms with van der Waals surface area (Å²) < 4.78 is 13.6. The molecule has 1 aromatic rings. The number of rotatable bonds is 4. The van der Waals surface area contributed by atoms with Gasteiger partial charge in [0.05, 0.1) is 0 Å². The van der Waals surface area contributed by atoms with Gasteiger partial charge < -0.3 is 0 Å². The molecule has 0 aliphatic heterocycles. The van der Waals surface area contributed by atoms with E-state index < -0.39 is 6.17 Å². The highest BCUT2D eigenvalue weighted by Gasteiger charge is 2.13. The lowest BCUT2D eigenvalue weighted by atomic mass is 9.87. The molecule has 0 radical (unpaired) electrons. The van der Waals surface area contributed by atoms with Crippen molar-refractivity contribution in [1.29, 1.82) is 0 Å². The molecule has 1 unspecified atom stereocenters. The lowest BCUT2D eigenvalue weighted by Gasteiger charge is -2.18. The van der Waals surface area contributed by atoms with Crippen molar-refractivity contribution in [2.75, 3.05) is 0 Å². The fourth-order valence-electron chi connectivity index (χ4n) is 1.87. The van der Waals surface area contributed by atoms with Crippen LogP contribution < -0.4 is 0 Å². The van der Waals surface area contributed by atoms with E-state index in [-0.39, 0.29) is 5.92 Å². The zero-order valence-corrected chi connectivity index (χ0v) is 11.8. The first kappa shape index (κ1) is 14.2. The van der Waals surface area contributed by atoms with Crippen LogP contribution in [0.2, 0.25) is 0 Å². The molecule has 1 rings (SSSR count). The van der Waals surface area contributed by atoms with E-state index >= 15 is 0 Å². The quantitative estimate of drug-likeness (QED) is 0.703. The summed E-state index contributed by atoms with van der Waals surface area (Å²) in [6.45, 7) is 10.6. The van der Waals surface area contributed by atoms with Crippen molar-refractivity contribution in [3.8, 4) is 0 Å². The van der Waals surface area contributed by atoms with Gasteiger partial charge in [0.2, 0.25) is 0 Å². The lowest BCUT2D eigenvalue weighted by molar-refractivity contribution is 0.254. The van der Waals surface area contributed by atoms with Gasteiger partial charge in [-0.1, -0.05) is 58.9 Å². The largest absolute Gasteiger partial charge is 0.247 e. The third-order valence-corrected chi connectivity index (χ3v) is 2.91. The summed E-state index contributed by atoms with van der Waals surface area (Å²) in [5.74, 6) is 0.101. The van der Waals surface area contributed by atoms with Crippen LogP contribution in [-0.4, -0.2) is 6.17 Å². The molecule has 0 spiro atoms. The number of hydrogen-bond acceptors (Lipinski definition) is 0. The maximum Gasteiger partial charge on any atom is 0.106 e. The van der Waals surface area contributed by atoms with Crippen LogP contribution in [0.1, 0.15) is 45.7 Å². The van der Waals surface area contributed by atoms with Crippen LogP contribution in [0.25, 0.3) is 0 Å². The smallest absolute Gasteiger partial charge is 0.106 e. The molecule has 0 saturated carbocycles. The van der Waals surface area contributed by atoms with Gasteiger partial charge in [0.15, 0.2) is 0 Å². The van der Waals surface area contributed by atoms with Crippen LogP contribution in [0.4, 0.5) is 4.39 Å². The maximum atomic E-state index is 13.6. The Balaban J connectivity index is 2.62. The second kappa shape index (κ2) is 5.66. The molecule has 0 aromatic heterocycles. The van der Waals surface area contributed by atoms with Crippen LogP contribution in [-0.2, 0) is 12.8 Å². The van der Waals surface area contributed by atoms with E-state index in [0.29, 0.717) is 11.8 Å². The highest BCUT2D eigenvalue weighted by Crippen LogP contribution is 2.21. The number of hydrogen-bond donors (Lipinski definition) is 0. The Morgan fingerprint density at radius 1 is 1.00 bits per heavy atom. The fourth-order valence-corrected chi connectivity index (χ4v) is 1.87. The van der Waals surface area contributed by atoms with E-state index in [1.54, 1.807) is 0 Å². The first-order valence-corrected chi connectivity index (χ1v) is 6.50. The monoisotopic (exact) mass is 236 g/mol. The van der Waals surface area contributed by atoms with Crippen LogP contribution in [0.15, 0.2) is 24.3 Å². The molecule has 96 valence electrons. The molecule has 0 heterocycles. The van der Waals surface area contributed by atoms with E-state index in [1.165, 1.54) is 5.56 Å². The molecule has 0 fully saturated rings. The predicted octanol–water partition coefficient (Wildman–Crippen LogP) is 4.81. The summed E-state index contributed by atoms with van der Waals surface area (Å²) in [5.41, 5.74) is 2.74. The van der Waals surface area contributed by atoms with Gasteiger partial charge in [-0.2, -0.15) is 0 Å². The normalized spacial score (nSPS) is 14.1. The van der Waals surface area contributed by atoms with Crippen molar-refractivity contribution < 1.29 is 4.39 Å². The second-order valence-corrected chi connectivity index (χ2v) is 6.52. The van der Waals surface area contributed by atoms with Gasteiger partial charge >= 0.3 is 0 Å². The fraction of sp³-hybridized carbons (Fsp3) is 0.625. The number of benzene rings is 1. The van der Waals surface area contributed by atoms with Crippen molar-refractivity contribution in [2.45, 2.75) is 53.6 Å². The van der Waals surface area contributed by atoms with Crippen molar-refractivity contribution in [2.24, 2.45) is 11.3 Å². The third kappa shape index (κ3) is 5.34. The summed E-state index contributed by atoms with van der Waals surface area (Å²) >= 11 is 0. The van der Waals surface area contributed by atoms with Gasteiger partial charge in [-0.3, -0.25) is 0 Å². The second-order valence-electron chi connectivity index (χ2n) is 6.52. The highest BCUT2D eigenvalue weighted by atomic mass is 19.1. The molecule has 0 amide bonds. The van der Waals surface area contributed by atoms with Gasteiger partial charge in [-0.15, -0.1) is 0 Å². The van der Waals surface area contributed by atoms with Gasteiger partial charge in [0.1, 0.15) is 6.17 Å². The van der Waals surface area contributed by atoms with Gasteiger partial charge in [0.25, 0.3) is 0 Å². The Bertz CT molecular complexity index is 330. The van der Waals surface area contributed by atoms with Crippen LogP contribution >= 0.6 is 0 Å². The van der Waals surface area contributed by atoms with Crippen LogP contribution in [0, 0.1) is 11.3 Å². The average molecular weight is 236 g/mol. The molecule has 0 aliphatic carbocycles. The van der Waals surface area contributed by atoms with Gasteiger partial charge in [0, 0.05) is 6.42 Å². The molecular weight excluding hydrogens is 211 g/mol. The third-order valence-electron chi connectivity index (χ3n) is 2.91. The summed E-state index contributed by atoms with van der Waals surface area (Å²) in [6, 6.07) is 8.40. The molecule has 1 aromatic carbocycles. The summed E-state index contributed by atoms with van der Waals surface area (Å²) in [4.78, 5) is 0. The Hall–Kier alpha value is -0.850. The topological polar surface area (TPSA) is 0 Å². The molecule has 0 bridgehead atoms. The molecule has 0 N–H and O–H groups in total. The SMILES string of the molecule is CC(C)C(F)Cc1ccc(CC(C)(C)C)cc1. The molecule has 0 nitrogen and oxygen atoms in total. The Kier molecular flexibility index (Phi) is 4.73. The minimum Gasteiger partial charge on any atom is -0.247 e. The van der Waals surface area contributed by atoms with Gasteiger partial charge in [-0.05, 0) is 28.9 Å². The summed E-state index contributed by atoms with van der Waals surface area (Å²) in [5, 5.41) is 0. The molecule has 0 saturated heterocycles. The van der Waals surface area contributed by atoms with Crippen LogP contribution in [0.3, 0.4) is 0 Å². The first-order chi connectivity index (χ1) is 7.78. The van der Waals surface area contributed by atoms with E-state index in [2.05, 4.69) is 45.0 Å². The van der Waals surface area contributed by atoms with Crippen molar-refractivity contribution in [1.82, 2.24) is 0 Å². The summed E-state index contributed by atoms with van der Waals surface area (Å²) in [6.07, 6.45) is 0.868. The van der Waals surface area contributed by atoms with Crippen molar-refractivity contribution >= 4 is 0 Å². The Morgan fingerprint density at radius 3 is 1.88 bits per heavy atom. The minimum atomic E-state index is -0.733. The Morgan fingerprint density at radius 2 is 1.47 bits per heavy atom. The Labute approximate surface area is 105 Å². The van der Waals surface area contributed by atoms with Crippen molar-refractivity contribution in [3.05, 3.63) is 35.4 Å². The zero-order valence-electron chi connectivity index (χ0n) is 11.8. The molecule has 1 heteroatoms. The van der Waals surface area contributed by atoms with Crippen molar-refractivity contribution in [3.63, 3.8) is 0 Å². The number of alkyl halides is 1. The zero-order chi connectivity index (χ0) is 13.1. The predicted molar refractivity (Wildman–Crippen MR) is 73.0 cm³/mol. The lowest BCUT2D eigenvalue weighted by Crippen LogP contribution is -2.12. The summed E-state index contributed by atoms with van der Waals surface area (Å²) in [7, 11) is 0. The highest BCUT2D eigenvalue weighted by molar-refractivity contribution is 5.23. The molecule has 1 atom stereocenters. The van der Waals surface area contributed by atoms with E-state index in [0.717, 1.165) is 12.0 Å². The minimum absolute atomic E-state index is 0.101. The molecule has 17 heavy (non-hydrogen) atoms. The first-order valence-electron chi connectivity index (χ1n) is 6.50. The van der Waals surface area contributed by atoms with Crippen LogP contribution in [0.5, 0.6) is 0 Å². The molecule has 0 aliphatic rings. The van der Waals surface area contributed by atoms with E-state index in [9.17, 15) is 4.39 Å².